The molecule has 0 fully saturated rings. The van der Waals surface area contributed by atoms with Gasteiger partial charge in [0.15, 0.2) is 0 Å². The molecule has 2 rings (SSSR count). The third kappa shape index (κ3) is 3.70. The summed E-state index contributed by atoms with van der Waals surface area (Å²) in [4.78, 5) is 4.47. The van der Waals surface area contributed by atoms with Gasteiger partial charge in [-0.25, -0.2) is 4.98 Å². The number of imidazole rings is 1. The monoisotopic (exact) mass is 271 g/mol. The summed E-state index contributed by atoms with van der Waals surface area (Å²) in [5.41, 5.74) is 2.56. The quantitative estimate of drug-likeness (QED) is 0.834. The highest BCUT2D eigenvalue weighted by molar-refractivity contribution is 5.42. The lowest BCUT2D eigenvalue weighted by molar-refractivity contribution is 0.551. The standard InChI is InChI=1S/C17H25N3/c1-4-7-17-19-10-11-20(17)16-9-6-5-8-15(16)13-18-12-14(2)3/h5-6,8-11,14,18H,4,7,12-13H2,1-3H3. The van der Waals surface area contributed by atoms with Gasteiger partial charge in [0, 0.05) is 25.4 Å². The van der Waals surface area contributed by atoms with Crippen molar-refractivity contribution < 1.29 is 0 Å². The Morgan fingerprint density at radius 3 is 2.80 bits per heavy atom. The van der Waals surface area contributed by atoms with Crippen molar-refractivity contribution in [3.63, 3.8) is 0 Å². The van der Waals surface area contributed by atoms with Crippen molar-refractivity contribution in [3.8, 4) is 5.69 Å². The molecule has 3 heteroatoms. The molecule has 20 heavy (non-hydrogen) atoms. The van der Waals surface area contributed by atoms with Crippen LogP contribution in [0.1, 0.15) is 38.6 Å². The minimum Gasteiger partial charge on any atom is -0.312 e. The molecule has 108 valence electrons. The maximum atomic E-state index is 4.47. The number of aromatic nitrogens is 2. The van der Waals surface area contributed by atoms with Gasteiger partial charge in [-0.05, 0) is 30.5 Å². The summed E-state index contributed by atoms with van der Waals surface area (Å²) in [5.74, 6) is 1.81. The Morgan fingerprint density at radius 1 is 1.25 bits per heavy atom. The van der Waals surface area contributed by atoms with Gasteiger partial charge in [-0.3, -0.25) is 0 Å². The minimum absolute atomic E-state index is 0.672. The maximum absolute atomic E-state index is 4.47. The van der Waals surface area contributed by atoms with Crippen molar-refractivity contribution in [1.29, 1.82) is 0 Å². The molecule has 0 radical (unpaired) electrons. The predicted molar refractivity (Wildman–Crippen MR) is 84.1 cm³/mol. The molecule has 0 aliphatic heterocycles. The molecule has 1 heterocycles. The summed E-state index contributed by atoms with van der Waals surface area (Å²) in [6.07, 6.45) is 6.08. The first kappa shape index (κ1) is 14.8. The van der Waals surface area contributed by atoms with Crippen LogP contribution in [0, 0.1) is 5.92 Å². The zero-order valence-corrected chi connectivity index (χ0v) is 12.8. The second kappa shape index (κ2) is 7.25. The van der Waals surface area contributed by atoms with Crippen LogP contribution in [-0.2, 0) is 13.0 Å². The average Bonchev–Trinajstić information content (AvgIpc) is 2.87. The number of rotatable bonds is 7. The first-order valence-electron chi connectivity index (χ1n) is 7.53. The van der Waals surface area contributed by atoms with Gasteiger partial charge in [0.2, 0.25) is 0 Å². The largest absolute Gasteiger partial charge is 0.312 e. The fourth-order valence-electron chi connectivity index (χ4n) is 2.35. The SMILES string of the molecule is CCCc1nccn1-c1ccccc1CNCC(C)C. The van der Waals surface area contributed by atoms with Crippen LogP contribution in [0.5, 0.6) is 0 Å². The molecule has 1 N–H and O–H groups in total. The summed E-state index contributed by atoms with van der Waals surface area (Å²) in [5, 5.41) is 3.52. The van der Waals surface area contributed by atoms with Crippen LogP contribution in [0.4, 0.5) is 0 Å². The first-order valence-corrected chi connectivity index (χ1v) is 7.53. The summed E-state index contributed by atoms with van der Waals surface area (Å²) < 4.78 is 2.22. The predicted octanol–water partition coefficient (Wildman–Crippen LogP) is 3.57. The summed E-state index contributed by atoms with van der Waals surface area (Å²) in [7, 11) is 0. The van der Waals surface area contributed by atoms with Crippen molar-refractivity contribution in [2.75, 3.05) is 6.54 Å². The Labute approximate surface area is 122 Å². The van der Waals surface area contributed by atoms with Gasteiger partial charge in [0.1, 0.15) is 5.82 Å². The molecule has 0 spiro atoms. The number of hydrogen-bond donors (Lipinski definition) is 1. The number of hydrogen-bond acceptors (Lipinski definition) is 2. The van der Waals surface area contributed by atoms with E-state index in [-0.39, 0.29) is 0 Å². The van der Waals surface area contributed by atoms with E-state index in [0.29, 0.717) is 5.92 Å². The number of nitrogens with zero attached hydrogens (tertiary/aromatic N) is 2. The van der Waals surface area contributed by atoms with Gasteiger partial charge in [-0.15, -0.1) is 0 Å². The summed E-state index contributed by atoms with van der Waals surface area (Å²) >= 11 is 0. The normalized spacial score (nSPS) is 11.2. The van der Waals surface area contributed by atoms with Crippen LogP contribution < -0.4 is 5.32 Å². The molecule has 0 atom stereocenters. The highest BCUT2D eigenvalue weighted by Gasteiger charge is 2.08. The fourth-order valence-corrected chi connectivity index (χ4v) is 2.35. The smallest absolute Gasteiger partial charge is 0.113 e. The Hall–Kier alpha value is -1.61. The van der Waals surface area contributed by atoms with Crippen molar-refractivity contribution in [2.24, 2.45) is 5.92 Å². The number of benzene rings is 1. The van der Waals surface area contributed by atoms with Crippen LogP contribution in [0.15, 0.2) is 36.7 Å². The third-order valence-corrected chi connectivity index (χ3v) is 3.31. The highest BCUT2D eigenvalue weighted by Crippen LogP contribution is 2.17. The van der Waals surface area contributed by atoms with E-state index >= 15 is 0 Å². The van der Waals surface area contributed by atoms with Gasteiger partial charge in [0.25, 0.3) is 0 Å². The van der Waals surface area contributed by atoms with Crippen molar-refractivity contribution >= 4 is 0 Å². The zero-order valence-electron chi connectivity index (χ0n) is 12.8. The summed E-state index contributed by atoms with van der Waals surface area (Å²) in [6.45, 7) is 8.59. The van der Waals surface area contributed by atoms with E-state index < -0.39 is 0 Å². The maximum Gasteiger partial charge on any atom is 0.113 e. The highest BCUT2D eigenvalue weighted by atomic mass is 15.1. The topological polar surface area (TPSA) is 29.9 Å². The van der Waals surface area contributed by atoms with Crippen LogP contribution in [0.2, 0.25) is 0 Å². The molecule has 0 saturated heterocycles. The van der Waals surface area contributed by atoms with Gasteiger partial charge in [-0.1, -0.05) is 39.0 Å². The fraction of sp³-hybridized carbons (Fsp3) is 0.471. The summed E-state index contributed by atoms with van der Waals surface area (Å²) in [6, 6.07) is 8.56. The number of nitrogens with one attached hydrogen (secondary N) is 1. The molecule has 0 bridgehead atoms. The molecule has 0 saturated carbocycles. The number of aryl methyl sites for hydroxylation is 1. The van der Waals surface area contributed by atoms with E-state index in [9.17, 15) is 0 Å². The van der Waals surface area contributed by atoms with Gasteiger partial charge in [-0.2, -0.15) is 0 Å². The van der Waals surface area contributed by atoms with Crippen molar-refractivity contribution in [2.45, 2.75) is 40.2 Å². The molecule has 3 nitrogen and oxygen atoms in total. The number of para-hydroxylation sites is 1. The van der Waals surface area contributed by atoms with Gasteiger partial charge < -0.3 is 9.88 Å². The van der Waals surface area contributed by atoms with Crippen LogP contribution in [-0.4, -0.2) is 16.1 Å². The average molecular weight is 271 g/mol. The van der Waals surface area contributed by atoms with E-state index in [1.807, 2.05) is 6.20 Å². The van der Waals surface area contributed by atoms with Gasteiger partial charge in [0.05, 0.1) is 5.69 Å². The van der Waals surface area contributed by atoms with E-state index in [1.54, 1.807) is 0 Å². The van der Waals surface area contributed by atoms with E-state index in [0.717, 1.165) is 31.8 Å². The van der Waals surface area contributed by atoms with E-state index in [2.05, 4.69) is 66.1 Å². The lowest BCUT2D eigenvalue weighted by Crippen LogP contribution is -2.20. The molecule has 2 aromatic rings. The second-order valence-corrected chi connectivity index (χ2v) is 5.62. The molecular weight excluding hydrogens is 246 g/mol. The molecule has 1 aromatic carbocycles. The van der Waals surface area contributed by atoms with Crippen molar-refractivity contribution in [1.82, 2.24) is 14.9 Å². The lowest BCUT2D eigenvalue weighted by Gasteiger charge is -2.14. The first-order chi connectivity index (χ1) is 9.72. The lowest BCUT2D eigenvalue weighted by atomic mass is 10.1. The molecule has 0 amide bonds. The Kier molecular flexibility index (Phi) is 5.36. The van der Waals surface area contributed by atoms with Crippen LogP contribution >= 0.6 is 0 Å². The molecule has 0 aliphatic rings. The molecule has 0 unspecified atom stereocenters. The molecule has 1 aromatic heterocycles. The Morgan fingerprint density at radius 2 is 2.05 bits per heavy atom. The second-order valence-electron chi connectivity index (χ2n) is 5.62. The Bertz CT molecular complexity index is 529. The molecular formula is C17H25N3. The minimum atomic E-state index is 0.672. The van der Waals surface area contributed by atoms with Crippen molar-refractivity contribution in [3.05, 3.63) is 48.0 Å². The third-order valence-electron chi connectivity index (χ3n) is 3.31. The van der Waals surface area contributed by atoms with E-state index in [4.69, 9.17) is 0 Å². The zero-order chi connectivity index (χ0) is 14.4. The van der Waals surface area contributed by atoms with Gasteiger partial charge >= 0.3 is 0 Å². The Balaban J connectivity index is 2.20. The molecule has 0 aliphatic carbocycles. The van der Waals surface area contributed by atoms with E-state index in [1.165, 1.54) is 11.3 Å². The van der Waals surface area contributed by atoms with Crippen LogP contribution in [0.3, 0.4) is 0 Å². The van der Waals surface area contributed by atoms with Crippen LogP contribution in [0.25, 0.3) is 5.69 Å².